The highest BCUT2D eigenvalue weighted by molar-refractivity contribution is 6.31. The highest BCUT2D eigenvalue weighted by atomic mass is 35.5. The van der Waals surface area contributed by atoms with E-state index in [0.717, 1.165) is 5.56 Å². The second-order valence-corrected chi connectivity index (χ2v) is 5.30. The van der Waals surface area contributed by atoms with Crippen LogP contribution in [0.3, 0.4) is 0 Å². The SMILES string of the molecule is Cc1ccc(NC(=O)/C(C#N)=C\Nc2ccccc2C#N)cc1Cl. The molecule has 1 amide bonds. The highest BCUT2D eigenvalue weighted by Crippen LogP contribution is 2.20. The summed E-state index contributed by atoms with van der Waals surface area (Å²) in [6, 6.07) is 15.7. The minimum absolute atomic E-state index is 0.126. The number of nitrogens with one attached hydrogen (secondary N) is 2. The fraction of sp³-hybridized carbons (Fsp3) is 0.0556. The van der Waals surface area contributed by atoms with Gasteiger partial charge >= 0.3 is 0 Å². The number of benzene rings is 2. The van der Waals surface area contributed by atoms with Crippen molar-refractivity contribution in [3.63, 3.8) is 0 Å². The van der Waals surface area contributed by atoms with Crippen LogP contribution in [0.25, 0.3) is 0 Å². The van der Waals surface area contributed by atoms with Gasteiger partial charge in [-0.1, -0.05) is 29.8 Å². The van der Waals surface area contributed by atoms with Gasteiger partial charge in [0.15, 0.2) is 0 Å². The average molecular weight is 337 g/mol. The Morgan fingerprint density at radius 2 is 1.96 bits per heavy atom. The van der Waals surface area contributed by atoms with Crippen LogP contribution < -0.4 is 10.6 Å². The smallest absolute Gasteiger partial charge is 0.267 e. The van der Waals surface area contributed by atoms with Crippen molar-refractivity contribution in [1.29, 1.82) is 10.5 Å². The number of halogens is 1. The molecule has 5 nitrogen and oxygen atoms in total. The lowest BCUT2D eigenvalue weighted by Crippen LogP contribution is -2.14. The first-order valence-corrected chi connectivity index (χ1v) is 7.36. The average Bonchev–Trinajstić information content (AvgIpc) is 2.59. The Bertz CT molecular complexity index is 891. The monoisotopic (exact) mass is 336 g/mol. The van der Waals surface area contributed by atoms with Crippen LogP contribution in [-0.4, -0.2) is 5.91 Å². The van der Waals surface area contributed by atoms with Crippen LogP contribution in [0.1, 0.15) is 11.1 Å². The number of hydrogen-bond donors (Lipinski definition) is 2. The van der Waals surface area contributed by atoms with Crippen molar-refractivity contribution in [2.45, 2.75) is 6.92 Å². The van der Waals surface area contributed by atoms with Gasteiger partial charge in [0.1, 0.15) is 17.7 Å². The maximum Gasteiger partial charge on any atom is 0.267 e. The lowest BCUT2D eigenvalue weighted by molar-refractivity contribution is -0.112. The van der Waals surface area contributed by atoms with Crippen molar-refractivity contribution >= 4 is 28.9 Å². The molecule has 0 saturated carbocycles. The van der Waals surface area contributed by atoms with Crippen LogP contribution in [0.5, 0.6) is 0 Å². The number of amides is 1. The number of carbonyl (C=O) groups excluding carboxylic acids is 1. The number of nitrogens with zero attached hydrogens (tertiary/aromatic N) is 2. The normalized spacial score (nSPS) is 10.4. The fourth-order valence-corrected chi connectivity index (χ4v) is 2.05. The van der Waals surface area contributed by atoms with E-state index in [0.29, 0.717) is 22.0 Å². The maximum atomic E-state index is 12.2. The zero-order chi connectivity index (χ0) is 17.5. The van der Waals surface area contributed by atoms with Crippen LogP contribution in [0.2, 0.25) is 5.02 Å². The molecule has 0 bridgehead atoms. The highest BCUT2D eigenvalue weighted by Gasteiger charge is 2.10. The van der Waals surface area contributed by atoms with Gasteiger partial charge in [0.2, 0.25) is 0 Å². The summed E-state index contributed by atoms with van der Waals surface area (Å²) in [5.74, 6) is -0.570. The fourth-order valence-electron chi connectivity index (χ4n) is 1.87. The Morgan fingerprint density at radius 3 is 2.62 bits per heavy atom. The predicted octanol–water partition coefficient (Wildman–Crippen LogP) is 3.98. The van der Waals surface area contributed by atoms with Crippen LogP contribution in [-0.2, 0) is 4.79 Å². The number of aryl methyl sites for hydroxylation is 1. The second-order valence-electron chi connectivity index (χ2n) is 4.89. The van der Waals surface area contributed by atoms with Crippen molar-refractivity contribution in [3.8, 4) is 12.1 Å². The Hall–Kier alpha value is -3.28. The molecule has 0 fully saturated rings. The summed E-state index contributed by atoms with van der Waals surface area (Å²) in [6.45, 7) is 1.85. The largest absolute Gasteiger partial charge is 0.359 e. The molecule has 2 aromatic rings. The quantitative estimate of drug-likeness (QED) is 0.653. The predicted molar refractivity (Wildman–Crippen MR) is 93.3 cm³/mol. The van der Waals surface area contributed by atoms with Crippen LogP contribution in [0.15, 0.2) is 54.2 Å². The summed E-state index contributed by atoms with van der Waals surface area (Å²) >= 11 is 6.01. The summed E-state index contributed by atoms with van der Waals surface area (Å²) in [5, 5.41) is 24.1. The van der Waals surface area contributed by atoms with E-state index in [1.807, 2.05) is 19.1 Å². The van der Waals surface area contributed by atoms with E-state index in [1.165, 1.54) is 6.20 Å². The van der Waals surface area contributed by atoms with Gasteiger partial charge in [0, 0.05) is 16.9 Å². The molecule has 118 valence electrons. The Balaban J connectivity index is 2.15. The molecule has 2 aromatic carbocycles. The lowest BCUT2D eigenvalue weighted by Gasteiger charge is -2.07. The van der Waals surface area contributed by atoms with E-state index in [4.69, 9.17) is 22.1 Å². The third-order valence-corrected chi connectivity index (χ3v) is 3.62. The minimum atomic E-state index is -0.570. The van der Waals surface area contributed by atoms with E-state index in [1.54, 1.807) is 42.5 Å². The molecule has 24 heavy (non-hydrogen) atoms. The number of anilines is 2. The molecule has 0 unspecified atom stereocenters. The van der Waals surface area contributed by atoms with Crippen molar-refractivity contribution in [1.82, 2.24) is 0 Å². The standard InChI is InChI=1S/C18H13ClN4O/c1-12-6-7-15(8-16(12)19)23-18(24)14(10-21)11-22-17-5-3-2-4-13(17)9-20/h2-8,11,22H,1H3,(H,23,24)/b14-11-. The van der Waals surface area contributed by atoms with Crippen LogP contribution >= 0.6 is 11.6 Å². The van der Waals surface area contributed by atoms with Crippen LogP contribution in [0, 0.1) is 29.6 Å². The van der Waals surface area contributed by atoms with Gasteiger partial charge in [-0.15, -0.1) is 0 Å². The Morgan fingerprint density at radius 1 is 1.21 bits per heavy atom. The molecular formula is C18H13ClN4O. The molecular weight excluding hydrogens is 324 g/mol. The van der Waals surface area contributed by atoms with E-state index in [-0.39, 0.29) is 5.57 Å². The molecule has 0 spiro atoms. The van der Waals surface area contributed by atoms with E-state index < -0.39 is 5.91 Å². The number of carbonyl (C=O) groups is 1. The summed E-state index contributed by atoms with van der Waals surface area (Å²) in [7, 11) is 0. The zero-order valence-electron chi connectivity index (χ0n) is 12.8. The molecule has 0 aliphatic heterocycles. The number of para-hydroxylation sites is 1. The number of hydrogen-bond acceptors (Lipinski definition) is 4. The van der Waals surface area contributed by atoms with Crippen LogP contribution in [0.4, 0.5) is 11.4 Å². The van der Waals surface area contributed by atoms with Gasteiger partial charge in [-0.3, -0.25) is 4.79 Å². The van der Waals surface area contributed by atoms with E-state index in [9.17, 15) is 4.79 Å². The third-order valence-electron chi connectivity index (χ3n) is 3.21. The molecule has 0 aliphatic carbocycles. The van der Waals surface area contributed by atoms with E-state index in [2.05, 4.69) is 10.6 Å². The molecule has 0 radical (unpaired) electrons. The first kappa shape index (κ1) is 17.1. The summed E-state index contributed by atoms with van der Waals surface area (Å²) in [6.07, 6.45) is 1.27. The Kier molecular flexibility index (Phi) is 5.57. The summed E-state index contributed by atoms with van der Waals surface area (Å²) in [5.41, 5.74) is 2.19. The van der Waals surface area contributed by atoms with Gasteiger partial charge in [0.05, 0.1) is 11.3 Å². The number of nitriles is 2. The molecule has 6 heteroatoms. The molecule has 0 atom stereocenters. The number of rotatable bonds is 4. The molecule has 0 aromatic heterocycles. The zero-order valence-corrected chi connectivity index (χ0v) is 13.6. The Labute approximate surface area is 144 Å². The van der Waals surface area contributed by atoms with Gasteiger partial charge in [-0.25, -0.2) is 0 Å². The molecule has 0 heterocycles. The van der Waals surface area contributed by atoms with Crippen molar-refractivity contribution in [3.05, 3.63) is 70.4 Å². The first-order chi connectivity index (χ1) is 11.5. The topological polar surface area (TPSA) is 88.7 Å². The van der Waals surface area contributed by atoms with Gasteiger partial charge in [0.25, 0.3) is 5.91 Å². The first-order valence-electron chi connectivity index (χ1n) is 6.98. The van der Waals surface area contributed by atoms with Crippen molar-refractivity contribution in [2.75, 3.05) is 10.6 Å². The molecule has 0 aliphatic rings. The lowest BCUT2D eigenvalue weighted by atomic mass is 10.2. The minimum Gasteiger partial charge on any atom is -0.359 e. The van der Waals surface area contributed by atoms with E-state index >= 15 is 0 Å². The van der Waals surface area contributed by atoms with Crippen molar-refractivity contribution < 1.29 is 4.79 Å². The van der Waals surface area contributed by atoms with Crippen molar-refractivity contribution in [2.24, 2.45) is 0 Å². The van der Waals surface area contributed by atoms with Gasteiger partial charge in [-0.2, -0.15) is 10.5 Å². The molecule has 0 saturated heterocycles. The van der Waals surface area contributed by atoms with Gasteiger partial charge < -0.3 is 10.6 Å². The summed E-state index contributed by atoms with van der Waals surface area (Å²) in [4.78, 5) is 12.2. The van der Waals surface area contributed by atoms with Gasteiger partial charge in [-0.05, 0) is 36.8 Å². The maximum absolute atomic E-state index is 12.2. The third kappa shape index (κ3) is 4.13. The molecule has 2 rings (SSSR count). The molecule has 2 N–H and O–H groups in total. The summed E-state index contributed by atoms with van der Waals surface area (Å²) < 4.78 is 0. The second kappa shape index (κ2) is 7.82.